The van der Waals surface area contributed by atoms with Crippen molar-refractivity contribution in [2.75, 3.05) is 0 Å². The summed E-state index contributed by atoms with van der Waals surface area (Å²) in [7, 11) is 0. The first-order chi connectivity index (χ1) is 24.6. The lowest BCUT2D eigenvalue weighted by atomic mass is 9.80. The first-order valence-corrected chi connectivity index (χ1v) is 17.9. The number of nitrogens with zero attached hydrogens (tertiary/aromatic N) is 3. The maximum atomic E-state index is 5.38. The summed E-state index contributed by atoms with van der Waals surface area (Å²) in [6.07, 6.45) is 0. The molecule has 0 saturated carbocycles. The molecule has 0 radical (unpaired) electrons. The highest BCUT2D eigenvalue weighted by molar-refractivity contribution is 7.26. The van der Waals surface area contributed by atoms with Crippen LogP contribution in [0, 0.1) is 0 Å². The van der Waals surface area contributed by atoms with Crippen LogP contribution >= 0.6 is 11.3 Å². The number of hydrogen-bond acceptors (Lipinski definition) is 4. The fourth-order valence-corrected chi connectivity index (χ4v) is 9.28. The Labute approximate surface area is 294 Å². The Bertz CT molecular complexity index is 2800. The van der Waals surface area contributed by atoms with Gasteiger partial charge < -0.3 is 0 Å². The average Bonchev–Trinajstić information content (AvgIpc) is 3.67. The van der Waals surface area contributed by atoms with E-state index in [9.17, 15) is 0 Å². The number of aromatic nitrogens is 3. The summed E-state index contributed by atoms with van der Waals surface area (Å²) in [5, 5.41) is 4.88. The van der Waals surface area contributed by atoms with Gasteiger partial charge >= 0.3 is 0 Å². The summed E-state index contributed by atoms with van der Waals surface area (Å²) in [5.41, 5.74) is 10.2. The maximum Gasteiger partial charge on any atom is 0.165 e. The van der Waals surface area contributed by atoms with Crippen LogP contribution in [0.3, 0.4) is 0 Å². The SMILES string of the molecule is CC1(C)c2ccccc2-c2cccc(-c3nc(-c4ccccc4-c4cccc5ccccc45)nc(-c4cccc5c4sc4ccccc45)n3)c21. The molecule has 0 saturated heterocycles. The largest absolute Gasteiger partial charge is 0.208 e. The summed E-state index contributed by atoms with van der Waals surface area (Å²) in [6, 6.07) is 54.0. The molecular weight excluding hydrogens is 627 g/mol. The van der Waals surface area contributed by atoms with Gasteiger partial charge in [-0.25, -0.2) is 15.0 Å². The van der Waals surface area contributed by atoms with Crippen molar-refractivity contribution >= 4 is 42.3 Å². The quantitative estimate of drug-likeness (QED) is 0.189. The molecule has 2 heterocycles. The molecule has 236 valence electrons. The highest BCUT2D eigenvalue weighted by Gasteiger charge is 2.38. The van der Waals surface area contributed by atoms with Gasteiger partial charge in [0.25, 0.3) is 0 Å². The van der Waals surface area contributed by atoms with Crippen LogP contribution < -0.4 is 0 Å². The van der Waals surface area contributed by atoms with E-state index in [-0.39, 0.29) is 5.41 Å². The molecule has 10 rings (SSSR count). The van der Waals surface area contributed by atoms with E-state index >= 15 is 0 Å². The summed E-state index contributed by atoms with van der Waals surface area (Å²) >= 11 is 1.80. The molecule has 1 aliphatic carbocycles. The predicted octanol–water partition coefficient (Wildman–Crippen LogP) is 12.4. The molecule has 0 amide bonds. The first-order valence-electron chi connectivity index (χ1n) is 17.0. The molecule has 0 fully saturated rings. The van der Waals surface area contributed by atoms with Gasteiger partial charge in [0.15, 0.2) is 17.5 Å². The van der Waals surface area contributed by atoms with Crippen molar-refractivity contribution in [3.63, 3.8) is 0 Å². The van der Waals surface area contributed by atoms with Gasteiger partial charge in [-0.05, 0) is 56.3 Å². The van der Waals surface area contributed by atoms with Gasteiger partial charge in [0, 0.05) is 42.3 Å². The van der Waals surface area contributed by atoms with Crippen LogP contribution in [0.1, 0.15) is 25.0 Å². The van der Waals surface area contributed by atoms with E-state index in [1.165, 1.54) is 53.2 Å². The Kier molecular flexibility index (Phi) is 6.39. The van der Waals surface area contributed by atoms with Crippen LogP contribution in [-0.4, -0.2) is 15.0 Å². The number of hydrogen-bond donors (Lipinski definition) is 0. The summed E-state index contributed by atoms with van der Waals surface area (Å²) in [5.74, 6) is 2.03. The van der Waals surface area contributed by atoms with Crippen molar-refractivity contribution in [3.8, 4) is 56.4 Å². The molecule has 2 aromatic heterocycles. The molecule has 0 N–H and O–H groups in total. The lowest BCUT2D eigenvalue weighted by Crippen LogP contribution is -2.17. The second kappa shape index (κ2) is 11.0. The second-order valence-corrected chi connectivity index (χ2v) is 14.6. The normalized spacial score (nSPS) is 13.2. The predicted molar refractivity (Wildman–Crippen MR) is 210 cm³/mol. The number of fused-ring (bicyclic) bond motifs is 7. The van der Waals surface area contributed by atoms with Crippen LogP contribution in [0.2, 0.25) is 0 Å². The Morgan fingerprint density at radius 1 is 0.400 bits per heavy atom. The highest BCUT2D eigenvalue weighted by Crippen LogP contribution is 2.52. The smallest absolute Gasteiger partial charge is 0.165 e. The van der Waals surface area contributed by atoms with Crippen molar-refractivity contribution in [2.24, 2.45) is 0 Å². The van der Waals surface area contributed by atoms with Crippen LogP contribution in [0.25, 0.3) is 87.4 Å². The fourth-order valence-electron chi connectivity index (χ4n) is 8.07. The molecule has 50 heavy (non-hydrogen) atoms. The molecule has 9 aromatic rings. The zero-order valence-electron chi connectivity index (χ0n) is 27.7. The summed E-state index contributed by atoms with van der Waals surface area (Å²) in [4.78, 5) is 16.1. The lowest BCUT2D eigenvalue weighted by molar-refractivity contribution is 0.661. The van der Waals surface area contributed by atoms with Gasteiger partial charge in [-0.2, -0.15) is 0 Å². The van der Waals surface area contributed by atoms with Crippen molar-refractivity contribution in [1.29, 1.82) is 0 Å². The third-order valence-electron chi connectivity index (χ3n) is 10.3. The van der Waals surface area contributed by atoms with Gasteiger partial charge in [0.1, 0.15) is 0 Å². The van der Waals surface area contributed by atoms with Crippen LogP contribution in [0.4, 0.5) is 0 Å². The van der Waals surface area contributed by atoms with Gasteiger partial charge in [0.2, 0.25) is 0 Å². The maximum absolute atomic E-state index is 5.38. The van der Waals surface area contributed by atoms with Crippen molar-refractivity contribution < 1.29 is 0 Å². The molecular formula is C46H31N3S. The Balaban J connectivity index is 1.27. The van der Waals surface area contributed by atoms with E-state index in [4.69, 9.17) is 15.0 Å². The Hall–Kier alpha value is -5.97. The van der Waals surface area contributed by atoms with Crippen molar-refractivity contribution in [3.05, 3.63) is 163 Å². The molecule has 0 unspecified atom stereocenters. The van der Waals surface area contributed by atoms with E-state index in [2.05, 4.69) is 166 Å². The number of thiophene rings is 1. The first kappa shape index (κ1) is 29.0. The third-order valence-corrected chi connectivity index (χ3v) is 11.6. The molecule has 0 atom stereocenters. The zero-order valence-corrected chi connectivity index (χ0v) is 28.5. The lowest BCUT2D eigenvalue weighted by Gasteiger charge is -2.24. The van der Waals surface area contributed by atoms with Crippen LogP contribution in [-0.2, 0) is 5.41 Å². The molecule has 0 spiro atoms. The Morgan fingerprint density at radius 2 is 0.920 bits per heavy atom. The number of rotatable bonds is 4. The van der Waals surface area contributed by atoms with Gasteiger partial charge in [-0.1, -0.05) is 153 Å². The van der Waals surface area contributed by atoms with Crippen molar-refractivity contribution in [2.45, 2.75) is 19.3 Å². The van der Waals surface area contributed by atoms with Gasteiger partial charge in [0.05, 0.1) is 0 Å². The molecule has 3 nitrogen and oxygen atoms in total. The summed E-state index contributed by atoms with van der Waals surface area (Å²) in [6.45, 7) is 4.63. The fraction of sp³-hybridized carbons (Fsp3) is 0.0652. The minimum absolute atomic E-state index is 0.220. The van der Waals surface area contributed by atoms with Crippen LogP contribution in [0.5, 0.6) is 0 Å². The zero-order chi connectivity index (χ0) is 33.4. The highest BCUT2D eigenvalue weighted by atomic mass is 32.1. The van der Waals surface area contributed by atoms with Gasteiger partial charge in [-0.15, -0.1) is 11.3 Å². The molecule has 4 heteroatoms. The topological polar surface area (TPSA) is 38.7 Å². The van der Waals surface area contributed by atoms with E-state index in [0.717, 1.165) is 27.8 Å². The number of benzene rings is 7. The van der Waals surface area contributed by atoms with Gasteiger partial charge in [-0.3, -0.25) is 0 Å². The van der Waals surface area contributed by atoms with E-state index in [1.807, 2.05) is 0 Å². The van der Waals surface area contributed by atoms with Crippen molar-refractivity contribution in [1.82, 2.24) is 15.0 Å². The Morgan fingerprint density at radius 3 is 1.78 bits per heavy atom. The minimum atomic E-state index is -0.220. The molecule has 1 aliphatic rings. The standard InChI is InChI=1S/C46H31N3S/c1-46(2)39-26-9-7-18-32(39)34-22-12-24-37(41(34)46)44-47-43(36-20-6-5-17-31(36)30-21-11-15-28-14-3-4-16-29(28)30)48-45(49-44)38-25-13-23-35-33-19-8-10-27-40(33)50-42(35)38/h3-27H,1-2H3. The molecule has 0 aliphatic heterocycles. The third kappa shape index (κ3) is 4.32. The second-order valence-electron chi connectivity index (χ2n) is 13.6. The molecule has 0 bridgehead atoms. The minimum Gasteiger partial charge on any atom is -0.208 e. The van der Waals surface area contributed by atoms with E-state index in [0.29, 0.717) is 17.5 Å². The van der Waals surface area contributed by atoms with E-state index < -0.39 is 0 Å². The monoisotopic (exact) mass is 657 g/mol. The summed E-state index contributed by atoms with van der Waals surface area (Å²) < 4.78 is 2.44. The van der Waals surface area contributed by atoms with E-state index in [1.54, 1.807) is 11.3 Å². The average molecular weight is 658 g/mol. The molecule has 7 aromatic carbocycles. The van der Waals surface area contributed by atoms with Crippen LogP contribution in [0.15, 0.2) is 152 Å².